The first-order valence-corrected chi connectivity index (χ1v) is 14.1. The van der Waals surface area contributed by atoms with E-state index in [9.17, 15) is 8.42 Å². The highest BCUT2D eigenvalue weighted by molar-refractivity contribution is 7.90. The summed E-state index contributed by atoms with van der Waals surface area (Å²) in [5.41, 5.74) is 2.56. The number of sulfone groups is 1. The van der Waals surface area contributed by atoms with Crippen molar-refractivity contribution in [3.8, 4) is 23.1 Å². The molecule has 1 fully saturated rings. The van der Waals surface area contributed by atoms with Crippen molar-refractivity contribution >= 4 is 9.84 Å². The van der Waals surface area contributed by atoms with Gasteiger partial charge in [-0.15, -0.1) is 0 Å². The van der Waals surface area contributed by atoms with Gasteiger partial charge in [-0.3, -0.25) is 0 Å². The summed E-state index contributed by atoms with van der Waals surface area (Å²) in [6.45, 7) is 2.62. The number of hydrogen-bond donors (Lipinski definition) is 0. The van der Waals surface area contributed by atoms with Crippen LogP contribution < -0.4 is 18.9 Å². The van der Waals surface area contributed by atoms with Gasteiger partial charge in [0.05, 0.1) is 33.0 Å². The number of benzene rings is 2. The minimum atomic E-state index is -3.60. The molecule has 0 saturated carbocycles. The molecule has 2 unspecified atom stereocenters. The van der Waals surface area contributed by atoms with Crippen molar-refractivity contribution in [1.82, 2.24) is 4.98 Å². The molecule has 2 heterocycles. The van der Waals surface area contributed by atoms with Crippen LogP contribution in [0, 0.1) is 0 Å². The van der Waals surface area contributed by atoms with E-state index >= 15 is 0 Å². The van der Waals surface area contributed by atoms with Crippen LogP contribution in [0.5, 0.6) is 23.1 Å². The molecule has 0 spiro atoms. The van der Waals surface area contributed by atoms with Crippen LogP contribution in [0.4, 0.5) is 0 Å². The summed E-state index contributed by atoms with van der Waals surface area (Å²) in [6, 6.07) is 15.0. The lowest BCUT2D eigenvalue weighted by atomic mass is 10.0. The second-order valence-electron chi connectivity index (χ2n) is 8.91. The molecule has 8 nitrogen and oxygen atoms in total. The third kappa shape index (κ3) is 6.34. The van der Waals surface area contributed by atoms with Crippen LogP contribution in [0.25, 0.3) is 0 Å². The largest absolute Gasteiger partial charge is 0.491 e. The van der Waals surface area contributed by atoms with Crippen LogP contribution in [0.1, 0.15) is 55.1 Å². The van der Waals surface area contributed by atoms with E-state index in [4.69, 9.17) is 23.7 Å². The van der Waals surface area contributed by atoms with Gasteiger partial charge in [0.25, 0.3) is 5.88 Å². The van der Waals surface area contributed by atoms with Gasteiger partial charge in [-0.1, -0.05) is 37.3 Å². The van der Waals surface area contributed by atoms with Crippen molar-refractivity contribution in [2.24, 2.45) is 0 Å². The Hall–Kier alpha value is -3.30. The molecule has 0 amide bonds. The molecular formula is C28H33NO7S. The molecule has 1 aliphatic rings. The van der Waals surface area contributed by atoms with E-state index in [1.807, 2.05) is 49.4 Å². The Morgan fingerprint density at radius 1 is 0.946 bits per heavy atom. The number of hydrogen-bond acceptors (Lipinski definition) is 8. The van der Waals surface area contributed by atoms with Crippen LogP contribution in [0.3, 0.4) is 0 Å². The summed E-state index contributed by atoms with van der Waals surface area (Å²) in [7, 11) is -0.503. The van der Waals surface area contributed by atoms with Crippen LogP contribution in [-0.4, -0.2) is 40.5 Å². The standard InChI is InChI=1S/C28H33NO7S/c1-5-13-34-27-24(35-18-19-9-7-6-8-10-19)14-20(16-26(27)37(4,30)31)22-11-12-23(36-22)21-15-25(32-2)28(33-3)29-17-21/h6-10,14-17,22-23H,5,11-13,18H2,1-4H3. The Balaban J connectivity index is 1.66. The second-order valence-corrected chi connectivity index (χ2v) is 10.9. The normalized spacial score (nSPS) is 17.4. The monoisotopic (exact) mass is 527 g/mol. The molecule has 37 heavy (non-hydrogen) atoms. The minimum absolute atomic E-state index is 0.0985. The number of ether oxygens (including phenoxy) is 5. The maximum absolute atomic E-state index is 12.8. The Labute approximate surface area is 218 Å². The lowest BCUT2D eigenvalue weighted by molar-refractivity contribution is 0.0434. The molecule has 2 atom stereocenters. The smallest absolute Gasteiger partial charge is 0.256 e. The van der Waals surface area contributed by atoms with E-state index < -0.39 is 9.84 Å². The fraction of sp³-hybridized carbons (Fsp3) is 0.393. The molecule has 0 radical (unpaired) electrons. The number of rotatable bonds is 11. The van der Waals surface area contributed by atoms with Crippen LogP contribution in [-0.2, 0) is 21.2 Å². The average Bonchev–Trinajstić information content (AvgIpc) is 3.40. The van der Waals surface area contributed by atoms with E-state index in [2.05, 4.69) is 4.98 Å². The van der Waals surface area contributed by atoms with Crippen LogP contribution in [0.15, 0.2) is 59.6 Å². The van der Waals surface area contributed by atoms with Crippen LogP contribution >= 0.6 is 0 Å². The fourth-order valence-corrected chi connectivity index (χ4v) is 5.14. The van der Waals surface area contributed by atoms with Gasteiger partial charge in [-0.05, 0) is 48.6 Å². The predicted octanol–water partition coefficient (Wildman–Crippen LogP) is 5.46. The molecule has 1 aromatic heterocycles. The Morgan fingerprint density at radius 3 is 2.30 bits per heavy atom. The molecule has 1 aliphatic heterocycles. The highest BCUT2D eigenvalue weighted by atomic mass is 32.2. The third-order valence-electron chi connectivity index (χ3n) is 6.15. The maximum Gasteiger partial charge on any atom is 0.256 e. The Kier molecular flexibility index (Phi) is 8.56. The molecule has 0 bridgehead atoms. The summed E-state index contributed by atoms with van der Waals surface area (Å²) in [6.07, 6.45) is 4.53. The first-order chi connectivity index (χ1) is 17.8. The summed E-state index contributed by atoms with van der Waals surface area (Å²) < 4.78 is 54.7. The molecule has 1 saturated heterocycles. The molecular weight excluding hydrogens is 494 g/mol. The topological polar surface area (TPSA) is 93.2 Å². The van der Waals surface area contributed by atoms with Crippen molar-refractivity contribution in [1.29, 1.82) is 0 Å². The first-order valence-electron chi connectivity index (χ1n) is 12.2. The summed E-state index contributed by atoms with van der Waals surface area (Å²) >= 11 is 0. The fourth-order valence-electron chi connectivity index (χ4n) is 4.30. The average molecular weight is 528 g/mol. The quantitative estimate of drug-likeness (QED) is 0.324. The van der Waals surface area contributed by atoms with Gasteiger partial charge in [-0.2, -0.15) is 0 Å². The van der Waals surface area contributed by atoms with Gasteiger partial charge in [-0.25, -0.2) is 13.4 Å². The highest BCUT2D eigenvalue weighted by Crippen LogP contribution is 2.46. The number of pyridine rings is 1. The zero-order valence-corrected chi connectivity index (χ0v) is 22.4. The van der Waals surface area contributed by atoms with Crippen molar-refractivity contribution in [3.05, 3.63) is 71.4 Å². The van der Waals surface area contributed by atoms with E-state index in [0.717, 1.165) is 29.5 Å². The SMILES string of the molecule is CCCOc1c(OCc2ccccc2)cc(C2CCC(c3cnc(OC)c(OC)c3)O2)cc1S(C)(=O)=O. The van der Waals surface area contributed by atoms with Crippen molar-refractivity contribution in [3.63, 3.8) is 0 Å². The molecule has 9 heteroatoms. The van der Waals surface area contributed by atoms with Gasteiger partial charge in [0.15, 0.2) is 27.1 Å². The van der Waals surface area contributed by atoms with Gasteiger partial charge >= 0.3 is 0 Å². The molecule has 2 aromatic carbocycles. The highest BCUT2D eigenvalue weighted by Gasteiger charge is 2.31. The lowest BCUT2D eigenvalue weighted by Crippen LogP contribution is -2.09. The van der Waals surface area contributed by atoms with Gasteiger partial charge < -0.3 is 23.7 Å². The Morgan fingerprint density at radius 2 is 1.65 bits per heavy atom. The van der Waals surface area contributed by atoms with E-state index in [0.29, 0.717) is 30.4 Å². The van der Waals surface area contributed by atoms with E-state index in [-0.39, 0.29) is 29.5 Å². The first kappa shape index (κ1) is 26.8. The van der Waals surface area contributed by atoms with Crippen molar-refractivity contribution in [2.45, 2.75) is 49.9 Å². The molecule has 0 N–H and O–H groups in total. The van der Waals surface area contributed by atoms with Gasteiger partial charge in [0, 0.05) is 18.0 Å². The molecule has 3 aromatic rings. The van der Waals surface area contributed by atoms with Crippen molar-refractivity contribution in [2.75, 3.05) is 27.1 Å². The van der Waals surface area contributed by atoms with Gasteiger partial charge in [0.2, 0.25) is 0 Å². The van der Waals surface area contributed by atoms with Gasteiger partial charge in [0.1, 0.15) is 11.5 Å². The molecule has 4 rings (SSSR count). The predicted molar refractivity (Wildman–Crippen MR) is 139 cm³/mol. The third-order valence-corrected chi connectivity index (χ3v) is 7.25. The lowest BCUT2D eigenvalue weighted by Gasteiger charge is -2.20. The zero-order valence-electron chi connectivity index (χ0n) is 21.6. The summed E-state index contributed by atoms with van der Waals surface area (Å²) in [4.78, 5) is 4.42. The molecule has 198 valence electrons. The maximum atomic E-state index is 12.8. The second kappa shape index (κ2) is 11.8. The summed E-state index contributed by atoms with van der Waals surface area (Å²) in [5, 5.41) is 0. The van der Waals surface area contributed by atoms with Crippen molar-refractivity contribution < 1.29 is 32.1 Å². The van der Waals surface area contributed by atoms with E-state index in [1.165, 1.54) is 13.4 Å². The number of nitrogens with zero attached hydrogens (tertiary/aromatic N) is 1. The molecule has 0 aliphatic carbocycles. The summed E-state index contributed by atoms with van der Waals surface area (Å²) in [5.74, 6) is 1.56. The Bertz CT molecular complexity index is 1310. The minimum Gasteiger partial charge on any atom is -0.491 e. The van der Waals surface area contributed by atoms with Crippen LogP contribution in [0.2, 0.25) is 0 Å². The zero-order chi connectivity index (χ0) is 26.4. The van der Waals surface area contributed by atoms with E-state index in [1.54, 1.807) is 19.4 Å². The number of aromatic nitrogens is 1. The number of methoxy groups -OCH3 is 2.